The first-order valence-corrected chi connectivity index (χ1v) is 6.54. The van der Waals surface area contributed by atoms with Crippen molar-refractivity contribution >= 4 is 17.6 Å². The number of nitrogens with zero attached hydrogens (tertiary/aromatic N) is 2. The highest BCUT2D eigenvalue weighted by atomic mass is 16.5. The number of methoxy groups -OCH3 is 1. The van der Waals surface area contributed by atoms with Gasteiger partial charge in [-0.2, -0.15) is 0 Å². The Labute approximate surface area is 117 Å². The number of hydrogen-bond acceptors (Lipinski definition) is 5. The minimum Gasteiger partial charge on any atom is -0.466 e. The third-order valence-corrected chi connectivity index (χ3v) is 4.19. The Balaban J connectivity index is 2.14. The molecule has 0 aromatic heterocycles. The Morgan fingerprint density at radius 3 is 2.75 bits per heavy atom. The summed E-state index contributed by atoms with van der Waals surface area (Å²) in [4.78, 5) is 28.5. The molecule has 2 heterocycles. The van der Waals surface area contributed by atoms with Crippen molar-refractivity contribution in [2.24, 2.45) is 0 Å². The predicted molar refractivity (Wildman–Crippen MR) is 73.1 cm³/mol. The van der Waals surface area contributed by atoms with Crippen LogP contribution in [0.2, 0.25) is 0 Å². The van der Waals surface area contributed by atoms with Gasteiger partial charge in [-0.25, -0.2) is 4.79 Å². The van der Waals surface area contributed by atoms with Crippen LogP contribution >= 0.6 is 0 Å². The zero-order valence-electron chi connectivity index (χ0n) is 11.5. The van der Waals surface area contributed by atoms with Gasteiger partial charge in [-0.3, -0.25) is 9.69 Å². The number of amides is 1. The summed E-state index contributed by atoms with van der Waals surface area (Å²) in [6, 6.07) is 9.56. The van der Waals surface area contributed by atoms with E-state index in [4.69, 9.17) is 4.74 Å². The molecule has 2 saturated heterocycles. The number of anilines is 1. The van der Waals surface area contributed by atoms with Gasteiger partial charge < -0.3 is 15.0 Å². The summed E-state index contributed by atoms with van der Waals surface area (Å²) in [5.74, 6) is -0.881. The molecule has 6 nitrogen and oxygen atoms in total. The van der Waals surface area contributed by atoms with Crippen LogP contribution in [0.15, 0.2) is 30.3 Å². The molecule has 2 atom stereocenters. The molecule has 2 fully saturated rings. The van der Waals surface area contributed by atoms with E-state index in [-0.39, 0.29) is 11.9 Å². The molecule has 0 radical (unpaired) electrons. The molecule has 20 heavy (non-hydrogen) atoms. The number of esters is 1. The van der Waals surface area contributed by atoms with Gasteiger partial charge in [0.2, 0.25) is 0 Å². The van der Waals surface area contributed by atoms with E-state index in [1.54, 1.807) is 7.05 Å². The quantitative estimate of drug-likeness (QED) is 0.598. The van der Waals surface area contributed by atoms with Crippen LogP contribution < -0.4 is 10.2 Å². The van der Waals surface area contributed by atoms with Gasteiger partial charge in [0.15, 0.2) is 0 Å². The summed E-state index contributed by atoms with van der Waals surface area (Å²) in [5.41, 5.74) is -0.566. The smallest absolute Gasteiger partial charge is 0.357 e. The molecule has 2 bridgehead atoms. The van der Waals surface area contributed by atoms with E-state index in [9.17, 15) is 9.59 Å². The van der Waals surface area contributed by atoms with Gasteiger partial charge in [0.1, 0.15) is 0 Å². The molecule has 0 aliphatic carbocycles. The number of piperazine rings is 1. The summed E-state index contributed by atoms with van der Waals surface area (Å²) in [6.07, 6.45) is 0. The maximum Gasteiger partial charge on any atom is 0.357 e. The Hall–Kier alpha value is -2.08. The molecule has 0 spiro atoms. The van der Waals surface area contributed by atoms with Gasteiger partial charge in [-0.15, -0.1) is 0 Å². The van der Waals surface area contributed by atoms with Crippen molar-refractivity contribution < 1.29 is 14.3 Å². The number of carbonyl (C=O) groups excluding carboxylic acids is 2. The second kappa shape index (κ2) is 4.49. The molecule has 6 heteroatoms. The molecule has 1 aromatic carbocycles. The number of likely N-dealkylation sites (N-methyl/N-ethyl adjacent to an activating group) is 1. The van der Waals surface area contributed by atoms with Gasteiger partial charge in [-0.1, -0.05) is 18.2 Å². The van der Waals surface area contributed by atoms with Crippen LogP contribution in [0.1, 0.15) is 0 Å². The van der Waals surface area contributed by atoms with Crippen LogP contribution in [0.3, 0.4) is 0 Å². The third-order valence-electron chi connectivity index (χ3n) is 4.19. The molecule has 2 aliphatic heterocycles. The number of rotatable bonds is 2. The van der Waals surface area contributed by atoms with Crippen LogP contribution in [0, 0.1) is 0 Å². The van der Waals surface area contributed by atoms with Gasteiger partial charge in [0.25, 0.3) is 11.6 Å². The fourth-order valence-electron chi connectivity index (χ4n) is 3.13. The van der Waals surface area contributed by atoms with Crippen LogP contribution in [0.5, 0.6) is 0 Å². The molecule has 2 aliphatic rings. The molecule has 1 N–H and O–H groups in total. The Kier molecular flexibility index (Phi) is 2.90. The second-order valence-electron chi connectivity index (χ2n) is 5.08. The molecule has 3 rings (SSSR count). The van der Waals surface area contributed by atoms with Crippen molar-refractivity contribution in [2.45, 2.75) is 11.7 Å². The lowest BCUT2D eigenvalue weighted by Gasteiger charge is -2.41. The van der Waals surface area contributed by atoms with Crippen LogP contribution in [-0.2, 0) is 14.3 Å². The van der Waals surface area contributed by atoms with E-state index in [1.807, 2.05) is 40.1 Å². The van der Waals surface area contributed by atoms with Crippen LogP contribution in [0.25, 0.3) is 0 Å². The van der Waals surface area contributed by atoms with Gasteiger partial charge in [0, 0.05) is 24.8 Å². The van der Waals surface area contributed by atoms with E-state index in [0.29, 0.717) is 13.1 Å². The van der Waals surface area contributed by atoms with E-state index in [1.165, 1.54) is 7.11 Å². The Morgan fingerprint density at radius 1 is 1.40 bits per heavy atom. The number of para-hydroxylation sites is 1. The number of ether oxygens (including phenoxy) is 1. The van der Waals surface area contributed by atoms with Gasteiger partial charge in [0.05, 0.1) is 7.11 Å². The van der Waals surface area contributed by atoms with Crippen LogP contribution in [0.4, 0.5) is 5.69 Å². The standard InChI is InChI=1S/C14H17N3O3/c1-16-11-8-15-12(18)14(16,13(19)20-2)17(9-11)10-6-4-3-5-7-10/h3-7,11H,8-9H2,1-2H3,(H,15,18)/t11-,14+/m1/s1. The number of carbonyl (C=O) groups is 2. The average Bonchev–Trinajstić information content (AvgIpc) is 2.68. The molecular weight excluding hydrogens is 258 g/mol. The Morgan fingerprint density at radius 2 is 2.10 bits per heavy atom. The van der Waals surface area contributed by atoms with E-state index in [2.05, 4.69) is 5.32 Å². The minimum atomic E-state index is -1.40. The van der Waals surface area contributed by atoms with E-state index < -0.39 is 11.6 Å². The maximum absolute atomic E-state index is 12.5. The van der Waals surface area contributed by atoms with E-state index >= 15 is 0 Å². The normalized spacial score (nSPS) is 29.2. The van der Waals surface area contributed by atoms with Gasteiger partial charge in [-0.05, 0) is 19.2 Å². The zero-order valence-corrected chi connectivity index (χ0v) is 11.5. The molecular formula is C14H17N3O3. The summed E-state index contributed by atoms with van der Waals surface area (Å²) in [7, 11) is 3.10. The topological polar surface area (TPSA) is 61.9 Å². The summed E-state index contributed by atoms with van der Waals surface area (Å²) < 4.78 is 4.92. The SMILES string of the molecule is COC(=O)[C@]12C(=O)NC[C@H](CN1c1ccccc1)N2C. The van der Waals surface area contributed by atoms with Gasteiger partial charge >= 0.3 is 5.97 Å². The second-order valence-corrected chi connectivity index (χ2v) is 5.08. The lowest BCUT2D eigenvalue weighted by Crippen LogP contribution is -2.71. The summed E-state index contributed by atoms with van der Waals surface area (Å²) in [6.45, 7) is 1.14. The summed E-state index contributed by atoms with van der Waals surface area (Å²) in [5, 5.41) is 2.81. The first-order valence-electron chi connectivity index (χ1n) is 6.54. The fourth-order valence-corrected chi connectivity index (χ4v) is 3.13. The number of hydrogen-bond donors (Lipinski definition) is 1. The highest BCUT2D eigenvalue weighted by Crippen LogP contribution is 2.37. The molecule has 1 amide bonds. The number of nitrogens with one attached hydrogen (secondary N) is 1. The Bertz CT molecular complexity index is 538. The predicted octanol–water partition coefficient (Wildman–Crippen LogP) is -0.194. The zero-order chi connectivity index (χ0) is 14.3. The molecule has 0 unspecified atom stereocenters. The first-order chi connectivity index (χ1) is 9.62. The molecule has 1 aromatic rings. The lowest BCUT2D eigenvalue weighted by molar-refractivity contribution is -0.161. The maximum atomic E-state index is 12.5. The van der Waals surface area contributed by atoms with Crippen molar-refractivity contribution in [3.8, 4) is 0 Å². The van der Waals surface area contributed by atoms with Crippen molar-refractivity contribution in [3.05, 3.63) is 30.3 Å². The fraction of sp³-hybridized carbons (Fsp3) is 0.429. The number of fused-ring (bicyclic) bond motifs is 2. The average molecular weight is 275 g/mol. The summed E-state index contributed by atoms with van der Waals surface area (Å²) >= 11 is 0. The third kappa shape index (κ3) is 1.48. The minimum absolute atomic E-state index is 0.0898. The largest absolute Gasteiger partial charge is 0.466 e. The van der Waals surface area contributed by atoms with Crippen molar-refractivity contribution in [1.29, 1.82) is 0 Å². The molecule has 0 saturated carbocycles. The lowest BCUT2D eigenvalue weighted by atomic mass is 10.0. The number of benzene rings is 1. The monoisotopic (exact) mass is 275 g/mol. The van der Waals surface area contributed by atoms with Crippen LogP contribution in [-0.4, -0.2) is 55.7 Å². The van der Waals surface area contributed by atoms with Crippen molar-refractivity contribution in [1.82, 2.24) is 10.2 Å². The molecule has 106 valence electrons. The van der Waals surface area contributed by atoms with E-state index in [0.717, 1.165) is 5.69 Å². The van der Waals surface area contributed by atoms with Crippen molar-refractivity contribution in [3.63, 3.8) is 0 Å². The first kappa shape index (κ1) is 12.9. The highest BCUT2D eigenvalue weighted by Gasteiger charge is 2.64. The van der Waals surface area contributed by atoms with Crippen molar-refractivity contribution in [2.75, 3.05) is 32.1 Å². The highest BCUT2D eigenvalue weighted by molar-refractivity contribution is 6.11.